The average Bonchev–Trinajstić information content (AvgIpc) is 2.64. The van der Waals surface area contributed by atoms with Crippen LogP contribution in [0.5, 0.6) is 23.0 Å². The molecule has 0 saturated heterocycles. The minimum atomic E-state index is -5.42. The van der Waals surface area contributed by atoms with E-state index in [4.69, 9.17) is 20.9 Å². The maximum Gasteiger partial charge on any atom is 0.422 e. The van der Waals surface area contributed by atoms with Crippen molar-refractivity contribution >= 4 is 11.4 Å². The van der Waals surface area contributed by atoms with E-state index in [-0.39, 0.29) is 17.4 Å². The Morgan fingerprint density at radius 2 is 1.13 bits per heavy atom. The Labute approximate surface area is 164 Å². The minimum Gasteiger partial charge on any atom is -0.451 e. The Hall–Kier alpha value is -3.63. The van der Waals surface area contributed by atoms with Crippen LogP contribution in [-0.2, 0) is 6.18 Å². The lowest BCUT2D eigenvalue weighted by Crippen LogP contribution is -2.13. The van der Waals surface area contributed by atoms with Crippen molar-refractivity contribution in [2.45, 2.75) is 6.18 Å². The summed E-state index contributed by atoms with van der Waals surface area (Å²) < 4.78 is 106. The topological polar surface area (TPSA) is 70.5 Å². The summed E-state index contributed by atoms with van der Waals surface area (Å²) >= 11 is 0. The summed E-state index contributed by atoms with van der Waals surface area (Å²) in [7, 11) is 0. The van der Waals surface area contributed by atoms with Crippen LogP contribution in [0.25, 0.3) is 0 Å². The van der Waals surface area contributed by atoms with Crippen LogP contribution in [0.15, 0.2) is 42.5 Å². The summed E-state index contributed by atoms with van der Waals surface area (Å²) in [5.74, 6) is -10.5. The van der Waals surface area contributed by atoms with Crippen molar-refractivity contribution in [1.82, 2.24) is 0 Å². The lowest BCUT2D eigenvalue weighted by atomic mass is 10.1. The van der Waals surface area contributed by atoms with Gasteiger partial charge in [-0.15, -0.1) is 0 Å². The Morgan fingerprint density at radius 3 is 1.63 bits per heavy atom. The standard InChI is InChI=1S/C19H11F7N2O2/c20-10-3-1-8(27)5-13(10)29-15-7-12(22)16(19(24,25)26)18(17(15)23)30-14-6-9(28)2-4-11(14)21/h1-7H,27-28H2. The molecule has 0 aliphatic rings. The quantitative estimate of drug-likeness (QED) is 0.391. The van der Waals surface area contributed by atoms with Gasteiger partial charge in [0.15, 0.2) is 34.6 Å². The highest BCUT2D eigenvalue weighted by molar-refractivity contribution is 5.52. The van der Waals surface area contributed by atoms with Gasteiger partial charge in [-0.1, -0.05) is 0 Å². The first kappa shape index (κ1) is 21.1. The van der Waals surface area contributed by atoms with Crippen molar-refractivity contribution in [3.63, 3.8) is 0 Å². The highest BCUT2D eigenvalue weighted by Crippen LogP contribution is 2.46. The molecule has 0 aliphatic heterocycles. The summed E-state index contributed by atoms with van der Waals surface area (Å²) in [6.07, 6.45) is -5.42. The molecule has 0 aliphatic carbocycles. The molecule has 0 unspecified atom stereocenters. The van der Waals surface area contributed by atoms with Crippen LogP contribution in [0.2, 0.25) is 0 Å². The molecular weight excluding hydrogens is 421 g/mol. The fourth-order valence-corrected chi connectivity index (χ4v) is 2.44. The number of nitrogens with two attached hydrogens (primary N) is 2. The predicted octanol–water partition coefficient (Wildman–Crippen LogP) is 6.01. The molecular formula is C19H11F7N2O2. The van der Waals surface area contributed by atoms with Gasteiger partial charge in [0.25, 0.3) is 0 Å². The molecule has 3 aromatic carbocycles. The van der Waals surface area contributed by atoms with Gasteiger partial charge in [0.2, 0.25) is 5.82 Å². The maximum absolute atomic E-state index is 14.9. The van der Waals surface area contributed by atoms with E-state index in [1.165, 1.54) is 0 Å². The van der Waals surface area contributed by atoms with Crippen molar-refractivity contribution in [2.24, 2.45) is 0 Å². The molecule has 0 spiro atoms. The molecule has 30 heavy (non-hydrogen) atoms. The van der Waals surface area contributed by atoms with Crippen LogP contribution in [0.3, 0.4) is 0 Å². The normalized spacial score (nSPS) is 11.4. The van der Waals surface area contributed by atoms with Crippen molar-refractivity contribution < 1.29 is 40.2 Å². The number of hydrogen-bond acceptors (Lipinski definition) is 4. The molecule has 0 radical (unpaired) electrons. The predicted molar refractivity (Wildman–Crippen MR) is 93.1 cm³/mol. The third kappa shape index (κ3) is 4.19. The minimum absolute atomic E-state index is 0.0162. The van der Waals surface area contributed by atoms with Gasteiger partial charge in [-0.2, -0.15) is 17.6 Å². The van der Waals surface area contributed by atoms with Crippen LogP contribution in [0, 0.1) is 23.3 Å². The Kier molecular flexibility index (Phi) is 5.38. The first-order valence-corrected chi connectivity index (χ1v) is 8.02. The number of benzene rings is 3. The first-order valence-electron chi connectivity index (χ1n) is 8.02. The molecule has 4 N–H and O–H groups in total. The average molecular weight is 432 g/mol. The Bertz CT molecular complexity index is 1120. The second-order valence-corrected chi connectivity index (χ2v) is 5.96. The van der Waals surface area contributed by atoms with Crippen LogP contribution in [0.4, 0.5) is 42.1 Å². The summed E-state index contributed by atoms with van der Waals surface area (Å²) in [6, 6.07) is 5.57. The zero-order valence-electron chi connectivity index (χ0n) is 14.7. The van der Waals surface area contributed by atoms with Gasteiger partial charge in [-0.3, -0.25) is 0 Å². The molecule has 4 nitrogen and oxygen atoms in total. The van der Waals surface area contributed by atoms with Gasteiger partial charge >= 0.3 is 6.18 Å². The van der Waals surface area contributed by atoms with Gasteiger partial charge < -0.3 is 20.9 Å². The van der Waals surface area contributed by atoms with E-state index in [1.807, 2.05) is 0 Å². The Balaban J connectivity index is 2.17. The lowest BCUT2D eigenvalue weighted by molar-refractivity contribution is -0.141. The number of nitrogen functional groups attached to an aromatic ring is 2. The second kappa shape index (κ2) is 7.65. The molecule has 0 aromatic heterocycles. The molecule has 0 saturated carbocycles. The van der Waals surface area contributed by atoms with Gasteiger partial charge in [-0.25, -0.2) is 13.2 Å². The number of anilines is 2. The Morgan fingerprint density at radius 1 is 0.633 bits per heavy atom. The van der Waals surface area contributed by atoms with E-state index in [9.17, 15) is 30.7 Å². The first-order chi connectivity index (χ1) is 14.0. The molecule has 3 rings (SSSR count). The highest BCUT2D eigenvalue weighted by Gasteiger charge is 2.41. The van der Waals surface area contributed by atoms with E-state index in [0.29, 0.717) is 0 Å². The van der Waals surface area contributed by atoms with Crippen molar-refractivity contribution in [2.75, 3.05) is 11.5 Å². The van der Waals surface area contributed by atoms with Gasteiger partial charge in [-0.05, 0) is 24.3 Å². The maximum atomic E-state index is 14.9. The van der Waals surface area contributed by atoms with Crippen molar-refractivity contribution in [3.05, 3.63) is 71.3 Å². The number of hydrogen-bond donors (Lipinski definition) is 2. The fraction of sp³-hybridized carbons (Fsp3) is 0.0526. The zero-order valence-corrected chi connectivity index (χ0v) is 14.7. The van der Waals surface area contributed by atoms with Crippen LogP contribution < -0.4 is 20.9 Å². The summed E-state index contributed by atoms with van der Waals surface area (Å²) in [5, 5.41) is 0. The SMILES string of the molecule is Nc1ccc(F)c(Oc2cc(F)c(C(F)(F)F)c(Oc3cc(N)ccc3F)c2F)c1. The van der Waals surface area contributed by atoms with Crippen LogP contribution in [-0.4, -0.2) is 0 Å². The van der Waals surface area contributed by atoms with Crippen molar-refractivity contribution in [3.8, 4) is 23.0 Å². The van der Waals surface area contributed by atoms with Crippen LogP contribution in [0.1, 0.15) is 5.56 Å². The van der Waals surface area contributed by atoms with Gasteiger partial charge in [0.1, 0.15) is 11.4 Å². The third-order valence-corrected chi connectivity index (χ3v) is 3.77. The number of alkyl halides is 3. The number of halogens is 7. The van der Waals surface area contributed by atoms with E-state index in [2.05, 4.69) is 0 Å². The van der Waals surface area contributed by atoms with E-state index in [1.54, 1.807) is 0 Å². The van der Waals surface area contributed by atoms with E-state index < -0.39 is 58.0 Å². The summed E-state index contributed by atoms with van der Waals surface area (Å²) in [4.78, 5) is 0. The van der Waals surface area contributed by atoms with Crippen molar-refractivity contribution in [1.29, 1.82) is 0 Å². The smallest absolute Gasteiger partial charge is 0.422 e. The highest BCUT2D eigenvalue weighted by atomic mass is 19.4. The molecule has 0 fully saturated rings. The molecule has 3 aromatic rings. The van der Waals surface area contributed by atoms with Crippen LogP contribution >= 0.6 is 0 Å². The zero-order chi connectivity index (χ0) is 22.2. The third-order valence-electron chi connectivity index (χ3n) is 3.77. The summed E-state index contributed by atoms with van der Waals surface area (Å²) in [6.45, 7) is 0. The largest absolute Gasteiger partial charge is 0.451 e. The van der Waals surface area contributed by atoms with Gasteiger partial charge in [0, 0.05) is 29.6 Å². The molecule has 0 amide bonds. The molecule has 0 bridgehead atoms. The van der Waals surface area contributed by atoms with Gasteiger partial charge in [0.05, 0.1) is 0 Å². The number of rotatable bonds is 4. The second-order valence-electron chi connectivity index (χ2n) is 5.96. The molecule has 158 valence electrons. The fourth-order valence-electron chi connectivity index (χ4n) is 2.44. The van der Waals surface area contributed by atoms with E-state index >= 15 is 0 Å². The molecule has 0 heterocycles. The molecule has 0 atom stereocenters. The summed E-state index contributed by atoms with van der Waals surface area (Å²) in [5.41, 5.74) is 8.59. The van der Waals surface area contributed by atoms with E-state index in [0.717, 1.165) is 36.4 Å². The molecule has 11 heteroatoms. The number of ether oxygens (including phenoxy) is 2. The monoisotopic (exact) mass is 432 g/mol. The lowest BCUT2D eigenvalue weighted by Gasteiger charge is -2.18.